The van der Waals surface area contributed by atoms with E-state index in [-0.39, 0.29) is 5.95 Å². The van der Waals surface area contributed by atoms with E-state index in [1.165, 1.54) is 18.4 Å². The summed E-state index contributed by atoms with van der Waals surface area (Å²) >= 11 is 0. The normalized spacial score (nSPS) is 10.3. The largest absolute Gasteiger partial charge is 0.373 e. The monoisotopic (exact) mass is 271 g/mol. The van der Waals surface area contributed by atoms with E-state index < -0.39 is 0 Å². The molecule has 0 bridgehead atoms. The summed E-state index contributed by atoms with van der Waals surface area (Å²) in [5.74, 6) is 1.63. The first-order valence-corrected chi connectivity index (χ1v) is 6.89. The standard InChI is InChI=1S/C15H21N5/c1-3-4-5-11-6-8-12(9-7-11)18-14-10-13(17-2)19-15(16)20-14/h6-10H,3-5H2,1-2H3,(H4,16,17,18,19,20). The lowest BCUT2D eigenvalue weighted by Gasteiger charge is -2.09. The average molecular weight is 271 g/mol. The molecule has 5 heteroatoms. The SMILES string of the molecule is CCCCc1ccc(Nc2cc(NC)nc(N)n2)cc1. The first-order chi connectivity index (χ1) is 9.71. The van der Waals surface area contributed by atoms with E-state index in [4.69, 9.17) is 5.73 Å². The van der Waals surface area contributed by atoms with Crippen molar-refractivity contribution in [1.29, 1.82) is 0 Å². The number of unbranched alkanes of at least 4 members (excludes halogenated alkanes) is 1. The second-order valence-corrected chi connectivity index (χ2v) is 4.67. The topological polar surface area (TPSA) is 75.9 Å². The van der Waals surface area contributed by atoms with Gasteiger partial charge in [0.25, 0.3) is 0 Å². The minimum Gasteiger partial charge on any atom is -0.373 e. The van der Waals surface area contributed by atoms with Gasteiger partial charge in [0.15, 0.2) is 0 Å². The Balaban J connectivity index is 2.07. The van der Waals surface area contributed by atoms with Crippen molar-refractivity contribution in [1.82, 2.24) is 9.97 Å². The van der Waals surface area contributed by atoms with Crippen molar-refractivity contribution in [3.05, 3.63) is 35.9 Å². The van der Waals surface area contributed by atoms with Gasteiger partial charge < -0.3 is 16.4 Å². The number of nitrogens with one attached hydrogen (secondary N) is 2. The predicted molar refractivity (Wildman–Crippen MR) is 84.3 cm³/mol. The van der Waals surface area contributed by atoms with Gasteiger partial charge in [0.2, 0.25) is 5.95 Å². The second kappa shape index (κ2) is 6.75. The Labute approximate surface area is 119 Å². The highest BCUT2D eigenvalue weighted by atomic mass is 15.1. The molecule has 2 aromatic rings. The van der Waals surface area contributed by atoms with Crippen LogP contribution in [0.25, 0.3) is 0 Å². The molecule has 0 atom stereocenters. The molecule has 0 radical (unpaired) electrons. The van der Waals surface area contributed by atoms with Crippen molar-refractivity contribution in [3.8, 4) is 0 Å². The Morgan fingerprint density at radius 1 is 1.10 bits per heavy atom. The average Bonchev–Trinajstić information content (AvgIpc) is 2.46. The van der Waals surface area contributed by atoms with Crippen LogP contribution in [0.1, 0.15) is 25.3 Å². The summed E-state index contributed by atoms with van der Waals surface area (Å²) in [6.45, 7) is 2.20. The number of aromatic nitrogens is 2. The van der Waals surface area contributed by atoms with Crippen LogP contribution in [-0.4, -0.2) is 17.0 Å². The lowest BCUT2D eigenvalue weighted by atomic mass is 10.1. The first-order valence-electron chi connectivity index (χ1n) is 6.89. The fourth-order valence-corrected chi connectivity index (χ4v) is 1.94. The maximum absolute atomic E-state index is 5.67. The fourth-order valence-electron chi connectivity index (χ4n) is 1.94. The van der Waals surface area contributed by atoms with Gasteiger partial charge in [-0.3, -0.25) is 0 Å². The fraction of sp³-hybridized carbons (Fsp3) is 0.333. The molecule has 2 rings (SSSR count). The zero-order valence-electron chi connectivity index (χ0n) is 12.0. The van der Waals surface area contributed by atoms with Gasteiger partial charge in [-0.2, -0.15) is 9.97 Å². The quantitative estimate of drug-likeness (QED) is 0.752. The highest BCUT2D eigenvalue weighted by Crippen LogP contribution is 2.19. The number of anilines is 4. The molecule has 1 aromatic carbocycles. The van der Waals surface area contributed by atoms with Crippen LogP contribution in [0.2, 0.25) is 0 Å². The number of nitrogens with zero attached hydrogens (tertiary/aromatic N) is 2. The van der Waals surface area contributed by atoms with E-state index in [1.54, 1.807) is 7.05 Å². The van der Waals surface area contributed by atoms with E-state index in [0.29, 0.717) is 11.6 Å². The molecule has 20 heavy (non-hydrogen) atoms. The van der Waals surface area contributed by atoms with Crippen molar-refractivity contribution in [2.24, 2.45) is 0 Å². The third-order valence-corrected chi connectivity index (χ3v) is 3.04. The van der Waals surface area contributed by atoms with Gasteiger partial charge in [0.1, 0.15) is 11.6 Å². The summed E-state index contributed by atoms with van der Waals surface area (Å²) in [4.78, 5) is 8.22. The van der Waals surface area contributed by atoms with Gasteiger partial charge >= 0.3 is 0 Å². The van der Waals surface area contributed by atoms with Crippen LogP contribution in [0.4, 0.5) is 23.3 Å². The highest BCUT2D eigenvalue weighted by Gasteiger charge is 2.02. The molecule has 1 aromatic heterocycles. The molecular weight excluding hydrogens is 250 g/mol. The molecular formula is C15H21N5. The molecule has 0 amide bonds. The van der Waals surface area contributed by atoms with Crippen LogP contribution in [0.5, 0.6) is 0 Å². The molecule has 106 valence electrons. The Hall–Kier alpha value is -2.30. The van der Waals surface area contributed by atoms with Crippen LogP contribution in [0, 0.1) is 0 Å². The lowest BCUT2D eigenvalue weighted by molar-refractivity contribution is 0.795. The third-order valence-electron chi connectivity index (χ3n) is 3.04. The first kappa shape index (κ1) is 14.1. The molecule has 0 fully saturated rings. The predicted octanol–water partition coefficient (Wildman–Crippen LogP) is 3.19. The number of nitrogen functional groups attached to an aromatic ring is 1. The second-order valence-electron chi connectivity index (χ2n) is 4.67. The molecule has 4 N–H and O–H groups in total. The summed E-state index contributed by atoms with van der Waals surface area (Å²) in [6.07, 6.45) is 3.56. The van der Waals surface area contributed by atoms with Crippen LogP contribution in [0.15, 0.2) is 30.3 Å². The Bertz CT molecular complexity index is 551. The summed E-state index contributed by atoms with van der Waals surface area (Å²) < 4.78 is 0. The minimum atomic E-state index is 0.249. The summed E-state index contributed by atoms with van der Waals surface area (Å²) in [6, 6.07) is 10.2. The number of aryl methyl sites for hydroxylation is 1. The van der Waals surface area contributed by atoms with Gasteiger partial charge in [-0.1, -0.05) is 25.5 Å². The third kappa shape index (κ3) is 3.85. The van der Waals surface area contributed by atoms with Crippen LogP contribution >= 0.6 is 0 Å². The zero-order valence-corrected chi connectivity index (χ0v) is 12.0. The van der Waals surface area contributed by atoms with E-state index >= 15 is 0 Å². The van der Waals surface area contributed by atoms with Crippen molar-refractivity contribution in [2.75, 3.05) is 23.4 Å². The highest BCUT2D eigenvalue weighted by molar-refractivity contribution is 5.60. The summed E-state index contributed by atoms with van der Waals surface area (Å²) in [7, 11) is 1.80. The Morgan fingerprint density at radius 2 is 1.80 bits per heavy atom. The van der Waals surface area contributed by atoms with E-state index in [0.717, 1.165) is 12.1 Å². The maximum atomic E-state index is 5.67. The van der Waals surface area contributed by atoms with E-state index in [1.807, 2.05) is 6.07 Å². The number of nitrogens with two attached hydrogens (primary N) is 1. The smallest absolute Gasteiger partial charge is 0.223 e. The zero-order chi connectivity index (χ0) is 14.4. The van der Waals surface area contributed by atoms with Crippen molar-refractivity contribution < 1.29 is 0 Å². The Kier molecular flexibility index (Phi) is 4.76. The molecule has 0 saturated heterocycles. The van der Waals surface area contributed by atoms with Crippen molar-refractivity contribution in [3.63, 3.8) is 0 Å². The van der Waals surface area contributed by atoms with E-state index in [9.17, 15) is 0 Å². The van der Waals surface area contributed by atoms with Crippen molar-refractivity contribution >= 4 is 23.3 Å². The van der Waals surface area contributed by atoms with Crippen LogP contribution in [-0.2, 0) is 6.42 Å². The van der Waals surface area contributed by atoms with Crippen LogP contribution in [0.3, 0.4) is 0 Å². The number of rotatable bonds is 6. The molecule has 1 heterocycles. The van der Waals surface area contributed by atoms with Gasteiger partial charge in [0.05, 0.1) is 0 Å². The molecule has 0 aliphatic rings. The van der Waals surface area contributed by atoms with Crippen molar-refractivity contribution in [2.45, 2.75) is 26.2 Å². The summed E-state index contributed by atoms with van der Waals surface area (Å²) in [5.41, 5.74) is 8.01. The molecule has 0 saturated carbocycles. The van der Waals surface area contributed by atoms with Gasteiger partial charge in [0, 0.05) is 18.8 Å². The maximum Gasteiger partial charge on any atom is 0.223 e. The van der Waals surface area contributed by atoms with Gasteiger partial charge in [-0.15, -0.1) is 0 Å². The Morgan fingerprint density at radius 3 is 2.45 bits per heavy atom. The molecule has 0 aliphatic heterocycles. The molecule has 0 aliphatic carbocycles. The van der Waals surface area contributed by atoms with Gasteiger partial charge in [-0.05, 0) is 30.5 Å². The number of hydrogen-bond acceptors (Lipinski definition) is 5. The number of benzene rings is 1. The van der Waals surface area contributed by atoms with Gasteiger partial charge in [-0.25, -0.2) is 0 Å². The number of hydrogen-bond donors (Lipinski definition) is 3. The van der Waals surface area contributed by atoms with Crippen LogP contribution < -0.4 is 16.4 Å². The molecule has 5 nitrogen and oxygen atoms in total. The molecule has 0 unspecified atom stereocenters. The lowest BCUT2D eigenvalue weighted by Crippen LogP contribution is -2.03. The minimum absolute atomic E-state index is 0.249. The summed E-state index contributed by atoms with van der Waals surface area (Å²) in [5, 5.41) is 6.19. The molecule has 0 spiro atoms. The van der Waals surface area contributed by atoms with E-state index in [2.05, 4.69) is 51.8 Å².